The molecule has 2 saturated heterocycles. The SMILES string of the molecule is CC1CNCC1NC(=O)OC(C)(C)C.CC1CNCC1NC(=O)OC(C)(C)C.Cl.Cl. The molecule has 0 spiro atoms. The highest BCUT2D eigenvalue weighted by Gasteiger charge is 2.27. The quantitative estimate of drug-likeness (QED) is 0.492. The molecular formula is C20H42Cl2N4O4. The summed E-state index contributed by atoms with van der Waals surface area (Å²) in [5.74, 6) is 0.949. The number of ether oxygens (including phenoxy) is 2. The van der Waals surface area contributed by atoms with E-state index in [-0.39, 0.29) is 49.1 Å². The van der Waals surface area contributed by atoms with Crippen LogP contribution < -0.4 is 21.3 Å². The van der Waals surface area contributed by atoms with Gasteiger partial charge in [0.05, 0.1) is 0 Å². The van der Waals surface area contributed by atoms with Crippen LogP contribution in [0.1, 0.15) is 55.4 Å². The zero-order valence-corrected chi connectivity index (χ0v) is 21.2. The Morgan fingerprint density at radius 2 is 1.00 bits per heavy atom. The molecule has 0 aromatic rings. The normalized spacial score (nSPS) is 25.6. The molecule has 2 heterocycles. The van der Waals surface area contributed by atoms with Gasteiger partial charge in [-0.05, 0) is 66.5 Å². The largest absolute Gasteiger partial charge is 0.444 e. The van der Waals surface area contributed by atoms with Crippen molar-refractivity contribution in [3.63, 3.8) is 0 Å². The molecule has 2 aliphatic rings. The zero-order chi connectivity index (χ0) is 21.5. The maximum atomic E-state index is 11.4. The van der Waals surface area contributed by atoms with E-state index in [9.17, 15) is 9.59 Å². The van der Waals surface area contributed by atoms with Gasteiger partial charge in [-0.15, -0.1) is 24.8 Å². The second-order valence-electron chi connectivity index (χ2n) is 9.78. The van der Waals surface area contributed by atoms with Crippen molar-refractivity contribution in [2.75, 3.05) is 26.2 Å². The Kier molecular flexibility index (Phi) is 14.0. The highest BCUT2D eigenvalue weighted by molar-refractivity contribution is 5.85. The Balaban J connectivity index is 0. The van der Waals surface area contributed by atoms with Gasteiger partial charge in [0.1, 0.15) is 11.2 Å². The van der Waals surface area contributed by atoms with Crippen LogP contribution >= 0.6 is 24.8 Å². The number of alkyl carbamates (subject to hydrolysis) is 2. The van der Waals surface area contributed by atoms with Gasteiger partial charge < -0.3 is 30.7 Å². The average molecular weight is 473 g/mol. The van der Waals surface area contributed by atoms with E-state index < -0.39 is 11.2 Å². The maximum absolute atomic E-state index is 11.4. The third kappa shape index (κ3) is 13.4. The standard InChI is InChI=1S/2C10H20N2O2.2ClH/c2*1-7-5-11-6-8(7)12-9(13)14-10(2,3)4;;/h2*7-8,11H,5-6H2,1-4H3,(H,12,13);2*1H. The Labute approximate surface area is 194 Å². The molecule has 4 N–H and O–H groups in total. The summed E-state index contributed by atoms with van der Waals surface area (Å²) in [4.78, 5) is 22.8. The fourth-order valence-corrected chi connectivity index (χ4v) is 2.92. The summed E-state index contributed by atoms with van der Waals surface area (Å²) in [5, 5.41) is 12.2. The van der Waals surface area contributed by atoms with E-state index in [4.69, 9.17) is 9.47 Å². The summed E-state index contributed by atoms with van der Waals surface area (Å²) in [7, 11) is 0. The van der Waals surface area contributed by atoms with Crippen LogP contribution in [0.4, 0.5) is 9.59 Å². The second kappa shape index (κ2) is 13.5. The van der Waals surface area contributed by atoms with Gasteiger partial charge in [0.2, 0.25) is 0 Å². The molecule has 0 radical (unpaired) electrons. The van der Waals surface area contributed by atoms with E-state index in [0.717, 1.165) is 26.2 Å². The molecule has 0 aromatic heterocycles. The molecule has 0 saturated carbocycles. The molecule has 2 rings (SSSR count). The number of carbonyl (C=O) groups excluding carboxylic acids is 2. The first-order chi connectivity index (χ1) is 12.8. The number of halogens is 2. The first kappa shape index (κ1) is 31.2. The van der Waals surface area contributed by atoms with E-state index >= 15 is 0 Å². The van der Waals surface area contributed by atoms with Crippen LogP contribution in [0, 0.1) is 11.8 Å². The van der Waals surface area contributed by atoms with Crippen LogP contribution in [0.3, 0.4) is 0 Å². The summed E-state index contributed by atoms with van der Waals surface area (Å²) in [6.45, 7) is 19.0. The van der Waals surface area contributed by atoms with Crippen LogP contribution in [0.25, 0.3) is 0 Å². The van der Waals surface area contributed by atoms with Gasteiger partial charge in [-0.3, -0.25) is 0 Å². The molecule has 2 amide bonds. The lowest BCUT2D eigenvalue weighted by Crippen LogP contribution is -2.42. The highest BCUT2D eigenvalue weighted by atomic mass is 35.5. The number of hydrogen-bond donors (Lipinski definition) is 4. The van der Waals surface area contributed by atoms with E-state index in [0.29, 0.717) is 11.8 Å². The molecule has 0 aliphatic carbocycles. The smallest absolute Gasteiger partial charge is 0.407 e. The minimum Gasteiger partial charge on any atom is -0.444 e. The molecule has 0 bridgehead atoms. The molecule has 4 atom stereocenters. The van der Waals surface area contributed by atoms with Crippen molar-refractivity contribution in [2.24, 2.45) is 11.8 Å². The molecule has 4 unspecified atom stereocenters. The van der Waals surface area contributed by atoms with Gasteiger partial charge in [0.25, 0.3) is 0 Å². The monoisotopic (exact) mass is 472 g/mol. The Morgan fingerprint density at radius 1 is 0.700 bits per heavy atom. The fraction of sp³-hybridized carbons (Fsp3) is 0.900. The van der Waals surface area contributed by atoms with Crippen LogP contribution in [0.5, 0.6) is 0 Å². The molecule has 8 nitrogen and oxygen atoms in total. The topological polar surface area (TPSA) is 101 Å². The summed E-state index contributed by atoms with van der Waals surface area (Å²) in [6, 6.07) is 0.398. The first-order valence-corrected chi connectivity index (χ1v) is 10.2. The van der Waals surface area contributed by atoms with Crippen molar-refractivity contribution in [1.29, 1.82) is 0 Å². The van der Waals surface area contributed by atoms with Crippen LogP contribution in [0.2, 0.25) is 0 Å². The minimum absolute atomic E-state index is 0. The Hall–Kier alpha value is -0.960. The van der Waals surface area contributed by atoms with Crippen molar-refractivity contribution in [3.05, 3.63) is 0 Å². The van der Waals surface area contributed by atoms with E-state index in [1.807, 2.05) is 41.5 Å². The summed E-state index contributed by atoms with van der Waals surface area (Å²) in [5.41, 5.74) is -0.835. The molecule has 10 heteroatoms. The summed E-state index contributed by atoms with van der Waals surface area (Å²) >= 11 is 0. The van der Waals surface area contributed by atoms with Crippen molar-refractivity contribution < 1.29 is 19.1 Å². The molecule has 2 fully saturated rings. The Morgan fingerprint density at radius 3 is 1.20 bits per heavy atom. The van der Waals surface area contributed by atoms with Gasteiger partial charge in [-0.1, -0.05) is 13.8 Å². The molecule has 2 aliphatic heterocycles. The third-order valence-corrected chi connectivity index (χ3v) is 4.44. The van der Waals surface area contributed by atoms with Crippen LogP contribution in [-0.2, 0) is 9.47 Å². The molecule has 30 heavy (non-hydrogen) atoms. The molecule has 0 aromatic carbocycles. The molecular weight excluding hydrogens is 431 g/mol. The van der Waals surface area contributed by atoms with Gasteiger partial charge in [0, 0.05) is 25.2 Å². The lowest BCUT2D eigenvalue weighted by molar-refractivity contribution is 0.0487. The maximum Gasteiger partial charge on any atom is 0.407 e. The van der Waals surface area contributed by atoms with Crippen molar-refractivity contribution in [2.45, 2.75) is 78.7 Å². The third-order valence-electron chi connectivity index (χ3n) is 4.44. The van der Waals surface area contributed by atoms with Crippen molar-refractivity contribution >= 4 is 37.0 Å². The average Bonchev–Trinajstić information content (AvgIpc) is 3.05. The van der Waals surface area contributed by atoms with Crippen molar-refractivity contribution in [3.8, 4) is 0 Å². The van der Waals surface area contributed by atoms with Gasteiger partial charge in [-0.25, -0.2) is 9.59 Å². The fourth-order valence-electron chi connectivity index (χ4n) is 2.92. The Bertz CT molecular complexity index is 478. The second-order valence-corrected chi connectivity index (χ2v) is 9.78. The highest BCUT2D eigenvalue weighted by Crippen LogP contribution is 2.11. The van der Waals surface area contributed by atoms with Crippen LogP contribution in [0.15, 0.2) is 0 Å². The lowest BCUT2D eigenvalue weighted by atomic mass is 10.1. The predicted octanol–water partition coefficient (Wildman–Crippen LogP) is 3.08. The van der Waals surface area contributed by atoms with Gasteiger partial charge >= 0.3 is 12.2 Å². The van der Waals surface area contributed by atoms with E-state index in [1.165, 1.54) is 0 Å². The predicted molar refractivity (Wildman–Crippen MR) is 125 cm³/mol. The number of hydrogen-bond acceptors (Lipinski definition) is 6. The van der Waals surface area contributed by atoms with E-state index in [1.54, 1.807) is 0 Å². The lowest BCUT2D eigenvalue weighted by Gasteiger charge is -2.22. The first-order valence-electron chi connectivity index (χ1n) is 10.2. The number of nitrogens with one attached hydrogen (secondary N) is 4. The number of amides is 2. The number of carbonyl (C=O) groups is 2. The van der Waals surface area contributed by atoms with Gasteiger partial charge in [0.15, 0.2) is 0 Å². The summed E-state index contributed by atoms with van der Waals surface area (Å²) < 4.78 is 10.3. The number of rotatable bonds is 2. The van der Waals surface area contributed by atoms with E-state index in [2.05, 4.69) is 35.1 Å². The zero-order valence-electron chi connectivity index (χ0n) is 19.6. The van der Waals surface area contributed by atoms with Gasteiger partial charge in [-0.2, -0.15) is 0 Å². The van der Waals surface area contributed by atoms with Crippen molar-refractivity contribution in [1.82, 2.24) is 21.3 Å². The minimum atomic E-state index is -0.417. The summed E-state index contributed by atoms with van der Waals surface area (Å²) in [6.07, 6.45) is -0.642. The van der Waals surface area contributed by atoms with Crippen LogP contribution in [-0.4, -0.2) is 61.7 Å². The molecule has 180 valence electrons.